The minimum atomic E-state index is -4.87. The van der Waals surface area contributed by atoms with E-state index >= 15 is 0 Å². The van der Waals surface area contributed by atoms with E-state index in [4.69, 9.17) is 4.52 Å². The van der Waals surface area contributed by atoms with Gasteiger partial charge in [-0.05, 0) is 30.2 Å². The summed E-state index contributed by atoms with van der Waals surface area (Å²) in [6.45, 7) is 3.26. The summed E-state index contributed by atoms with van der Waals surface area (Å²) in [5.74, 6) is -3.80. The maximum Gasteiger partial charge on any atom is 0.418 e. The Morgan fingerprint density at radius 2 is 1.69 bits per heavy atom. The molecule has 0 aliphatic carbocycles. The van der Waals surface area contributed by atoms with Crippen LogP contribution in [0.15, 0.2) is 53.1 Å². The molecule has 0 aliphatic rings. The fourth-order valence-electron chi connectivity index (χ4n) is 3.13. The Hall–Kier alpha value is -4.42. The number of hydrogen-bond acceptors (Lipinski definition) is 5. The number of alkyl halides is 3. The molecular formula is C23H20F4N4O5. The van der Waals surface area contributed by atoms with Gasteiger partial charge in [0.15, 0.2) is 0 Å². The Kier molecular flexibility index (Phi) is 7.61. The van der Waals surface area contributed by atoms with Crippen LogP contribution in [-0.2, 0) is 11.0 Å². The average molecular weight is 508 g/mol. The zero-order valence-electron chi connectivity index (χ0n) is 18.8. The molecule has 4 N–H and O–H groups in total. The first-order valence-corrected chi connectivity index (χ1v) is 10.4. The Morgan fingerprint density at radius 1 is 1.03 bits per heavy atom. The van der Waals surface area contributed by atoms with Gasteiger partial charge in [0.1, 0.15) is 17.6 Å². The number of hydrogen-bond donors (Lipinski definition) is 4. The molecule has 0 spiro atoms. The second kappa shape index (κ2) is 10.5. The van der Waals surface area contributed by atoms with Crippen molar-refractivity contribution >= 4 is 29.3 Å². The topological polar surface area (TPSA) is 134 Å². The summed E-state index contributed by atoms with van der Waals surface area (Å²) in [7, 11) is 0. The fourth-order valence-corrected chi connectivity index (χ4v) is 3.13. The van der Waals surface area contributed by atoms with Gasteiger partial charge in [0.05, 0.1) is 11.3 Å². The Bertz CT molecular complexity index is 1270. The number of halogens is 4. The zero-order chi connectivity index (χ0) is 26.6. The number of aromatic nitrogens is 1. The number of carboxylic acid groups (broad SMARTS) is 1. The molecule has 0 fully saturated rings. The Balaban J connectivity index is 1.68. The van der Waals surface area contributed by atoms with Crippen LogP contribution in [0.25, 0.3) is 11.3 Å². The summed E-state index contributed by atoms with van der Waals surface area (Å²) >= 11 is 0. The highest BCUT2D eigenvalue weighted by Gasteiger charge is 2.35. The van der Waals surface area contributed by atoms with Gasteiger partial charge in [-0.15, -0.1) is 0 Å². The molecule has 3 rings (SSSR count). The SMILES string of the molecule is CC(C)[C@H](NC(=O)c1cc(-c2ccc(NC(=O)Nc3c(F)cccc3C(F)(F)F)cc2)no1)C(=O)O. The molecule has 0 unspecified atom stereocenters. The van der Waals surface area contributed by atoms with Gasteiger partial charge in [-0.25, -0.2) is 14.0 Å². The molecule has 1 atom stereocenters. The number of carbonyl (C=O) groups excluding carboxylic acids is 2. The number of nitrogens with one attached hydrogen (secondary N) is 3. The van der Waals surface area contributed by atoms with Crippen LogP contribution in [0.4, 0.5) is 33.7 Å². The van der Waals surface area contributed by atoms with E-state index in [0.29, 0.717) is 11.6 Å². The first-order valence-electron chi connectivity index (χ1n) is 10.4. The molecule has 0 radical (unpaired) electrons. The summed E-state index contributed by atoms with van der Waals surface area (Å²) in [6, 6.07) is 7.14. The third-order valence-electron chi connectivity index (χ3n) is 4.95. The van der Waals surface area contributed by atoms with Crippen LogP contribution >= 0.6 is 0 Å². The Labute approximate surface area is 201 Å². The number of anilines is 2. The predicted molar refractivity (Wildman–Crippen MR) is 120 cm³/mol. The van der Waals surface area contributed by atoms with Gasteiger partial charge in [-0.3, -0.25) is 4.79 Å². The summed E-state index contributed by atoms with van der Waals surface area (Å²) in [5.41, 5.74) is -1.48. The lowest BCUT2D eigenvalue weighted by molar-refractivity contribution is -0.140. The Morgan fingerprint density at radius 3 is 2.28 bits per heavy atom. The van der Waals surface area contributed by atoms with Crippen LogP contribution in [0.1, 0.15) is 30.0 Å². The van der Waals surface area contributed by atoms with Crippen LogP contribution < -0.4 is 16.0 Å². The second-order valence-electron chi connectivity index (χ2n) is 7.93. The van der Waals surface area contributed by atoms with Gasteiger partial charge in [0.25, 0.3) is 5.91 Å². The van der Waals surface area contributed by atoms with Gasteiger partial charge in [-0.1, -0.05) is 37.2 Å². The molecule has 36 heavy (non-hydrogen) atoms. The van der Waals surface area contributed by atoms with E-state index < -0.39 is 47.2 Å². The fraction of sp³-hybridized carbons (Fsp3) is 0.217. The van der Waals surface area contributed by atoms with Crippen molar-refractivity contribution in [2.45, 2.75) is 26.1 Å². The number of para-hydroxylation sites is 1. The molecule has 13 heteroatoms. The van der Waals surface area contributed by atoms with Crippen molar-refractivity contribution < 1.29 is 41.6 Å². The number of carbonyl (C=O) groups is 3. The minimum absolute atomic E-state index is 0.170. The van der Waals surface area contributed by atoms with Crippen molar-refractivity contribution in [3.63, 3.8) is 0 Å². The quantitative estimate of drug-likeness (QED) is 0.333. The molecule has 0 bridgehead atoms. The van der Waals surface area contributed by atoms with E-state index in [-0.39, 0.29) is 23.1 Å². The van der Waals surface area contributed by atoms with Crippen LogP contribution in [0.5, 0.6) is 0 Å². The molecular weight excluding hydrogens is 488 g/mol. The highest BCUT2D eigenvalue weighted by Crippen LogP contribution is 2.36. The molecule has 0 saturated heterocycles. The van der Waals surface area contributed by atoms with Crippen molar-refractivity contribution in [3.8, 4) is 11.3 Å². The van der Waals surface area contributed by atoms with Crippen molar-refractivity contribution in [3.05, 3.63) is 65.7 Å². The molecule has 3 amide bonds. The summed E-state index contributed by atoms with van der Waals surface area (Å²) < 4.78 is 58.2. The maximum atomic E-state index is 13.9. The van der Waals surface area contributed by atoms with E-state index in [1.807, 2.05) is 5.32 Å². The minimum Gasteiger partial charge on any atom is -0.480 e. The molecule has 1 aromatic heterocycles. The normalized spacial score (nSPS) is 12.2. The summed E-state index contributed by atoms with van der Waals surface area (Å²) in [6.07, 6.45) is -4.87. The number of nitrogens with zero attached hydrogens (tertiary/aromatic N) is 1. The third-order valence-corrected chi connectivity index (χ3v) is 4.95. The predicted octanol–water partition coefficient (Wildman–Crippen LogP) is 4.98. The second-order valence-corrected chi connectivity index (χ2v) is 7.93. The number of urea groups is 1. The van der Waals surface area contributed by atoms with E-state index in [9.17, 15) is 37.1 Å². The highest BCUT2D eigenvalue weighted by molar-refractivity contribution is 6.00. The van der Waals surface area contributed by atoms with Crippen LogP contribution in [0, 0.1) is 11.7 Å². The van der Waals surface area contributed by atoms with Crippen molar-refractivity contribution in [1.82, 2.24) is 10.5 Å². The monoisotopic (exact) mass is 508 g/mol. The smallest absolute Gasteiger partial charge is 0.418 e. The molecule has 1 heterocycles. The standard InChI is InChI=1S/C23H20F4N4O5/c1-11(2)18(21(33)34)29-20(32)17-10-16(31-36-17)12-6-8-13(9-7-12)28-22(35)30-19-14(23(25,26)27)4-3-5-15(19)24/h3-11,18H,1-2H3,(H,29,32)(H,33,34)(H2,28,30,35)/t18-/m0/s1. The number of aliphatic carboxylic acids is 1. The van der Waals surface area contributed by atoms with Gasteiger partial charge in [-0.2, -0.15) is 13.2 Å². The van der Waals surface area contributed by atoms with E-state index in [1.54, 1.807) is 13.8 Å². The average Bonchev–Trinajstić information content (AvgIpc) is 3.28. The maximum absolute atomic E-state index is 13.9. The summed E-state index contributed by atoms with van der Waals surface area (Å²) in [4.78, 5) is 35.7. The molecule has 0 aliphatic heterocycles. The van der Waals surface area contributed by atoms with Crippen LogP contribution in [0.3, 0.4) is 0 Å². The number of carboxylic acids is 1. The lowest BCUT2D eigenvalue weighted by Crippen LogP contribution is -2.44. The summed E-state index contributed by atoms with van der Waals surface area (Å²) in [5, 5.41) is 19.5. The zero-order valence-corrected chi connectivity index (χ0v) is 18.8. The molecule has 9 nitrogen and oxygen atoms in total. The lowest BCUT2D eigenvalue weighted by atomic mass is 10.0. The lowest BCUT2D eigenvalue weighted by Gasteiger charge is -2.16. The molecule has 0 saturated carbocycles. The molecule has 2 aromatic carbocycles. The number of amides is 3. The third kappa shape index (κ3) is 6.17. The van der Waals surface area contributed by atoms with Crippen LogP contribution in [-0.4, -0.2) is 34.2 Å². The van der Waals surface area contributed by atoms with Crippen molar-refractivity contribution in [2.24, 2.45) is 5.92 Å². The van der Waals surface area contributed by atoms with Gasteiger partial charge < -0.3 is 25.6 Å². The van der Waals surface area contributed by atoms with E-state index in [1.165, 1.54) is 30.3 Å². The first-order chi connectivity index (χ1) is 16.9. The number of benzene rings is 2. The van der Waals surface area contributed by atoms with Crippen LogP contribution in [0.2, 0.25) is 0 Å². The largest absolute Gasteiger partial charge is 0.480 e. The van der Waals surface area contributed by atoms with Crippen molar-refractivity contribution in [2.75, 3.05) is 10.6 Å². The van der Waals surface area contributed by atoms with Crippen molar-refractivity contribution in [1.29, 1.82) is 0 Å². The van der Waals surface area contributed by atoms with E-state index in [0.717, 1.165) is 12.1 Å². The van der Waals surface area contributed by atoms with Gasteiger partial charge in [0.2, 0.25) is 5.76 Å². The molecule has 190 valence electrons. The molecule has 3 aromatic rings. The number of rotatable bonds is 7. The van der Waals surface area contributed by atoms with Gasteiger partial charge in [0, 0.05) is 17.3 Å². The van der Waals surface area contributed by atoms with E-state index in [2.05, 4.69) is 15.8 Å². The highest BCUT2D eigenvalue weighted by atomic mass is 19.4. The first kappa shape index (κ1) is 26.2. The van der Waals surface area contributed by atoms with Gasteiger partial charge >= 0.3 is 18.2 Å².